The number of carbonyl (C=O) groups excluding carboxylic acids is 2. The fourth-order valence-electron chi connectivity index (χ4n) is 3.66. The molecule has 27 heavy (non-hydrogen) atoms. The van der Waals surface area contributed by atoms with Gasteiger partial charge in [-0.15, -0.1) is 0 Å². The number of carbonyl (C=O) groups is 2. The van der Waals surface area contributed by atoms with Crippen molar-refractivity contribution in [3.63, 3.8) is 0 Å². The van der Waals surface area contributed by atoms with E-state index in [0.717, 1.165) is 36.8 Å². The van der Waals surface area contributed by atoms with Gasteiger partial charge in [0.2, 0.25) is 5.91 Å². The van der Waals surface area contributed by atoms with Crippen LogP contribution in [0.25, 0.3) is 0 Å². The maximum absolute atomic E-state index is 13.3. The van der Waals surface area contributed by atoms with Crippen LogP contribution in [0.3, 0.4) is 0 Å². The highest BCUT2D eigenvalue weighted by Crippen LogP contribution is 2.36. The normalized spacial score (nSPS) is 15.3. The number of halogens is 1. The van der Waals surface area contributed by atoms with Crippen LogP contribution in [0, 0.1) is 11.7 Å². The molecule has 0 bridgehead atoms. The Kier molecular flexibility index (Phi) is 6.22. The number of hydrogen-bond acceptors (Lipinski definition) is 2. The molecule has 142 valence electrons. The van der Waals surface area contributed by atoms with E-state index in [1.165, 1.54) is 19.1 Å². The summed E-state index contributed by atoms with van der Waals surface area (Å²) in [5.74, 6) is -0.124. The van der Waals surface area contributed by atoms with Gasteiger partial charge in [-0.3, -0.25) is 9.59 Å². The zero-order valence-corrected chi connectivity index (χ0v) is 15.5. The lowest BCUT2D eigenvalue weighted by molar-refractivity contribution is -0.119. The van der Waals surface area contributed by atoms with Crippen LogP contribution in [-0.2, 0) is 11.3 Å². The second-order valence-electron chi connectivity index (χ2n) is 7.15. The van der Waals surface area contributed by atoms with Crippen molar-refractivity contribution >= 4 is 11.8 Å². The molecule has 2 aromatic carbocycles. The third-order valence-corrected chi connectivity index (χ3v) is 5.14. The van der Waals surface area contributed by atoms with Gasteiger partial charge >= 0.3 is 0 Å². The van der Waals surface area contributed by atoms with Gasteiger partial charge in [0.1, 0.15) is 5.82 Å². The van der Waals surface area contributed by atoms with E-state index in [0.29, 0.717) is 18.0 Å². The van der Waals surface area contributed by atoms with Crippen molar-refractivity contribution in [2.45, 2.75) is 45.2 Å². The Bertz CT molecular complexity index is 781. The Balaban J connectivity index is 1.72. The van der Waals surface area contributed by atoms with Crippen LogP contribution in [-0.4, -0.2) is 11.8 Å². The van der Waals surface area contributed by atoms with Crippen molar-refractivity contribution < 1.29 is 14.0 Å². The second-order valence-corrected chi connectivity index (χ2v) is 7.15. The van der Waals surface area contributed by atoms with Crippen LogP contribution in [0.1, 0.15) is 60.1 Å². The average molecular weight is 368 g/mol. The molecule has 2 N–H and O–H groups in total. The predicted octanol–water partition coefficient (Wildman–Crippen LogP) is 4.12. The maximum Gasteiger partial charge on any atom is 0.251 e. The summed E-state index contributed by atoms with van der Waals surface area (Å²) in [5.41, 5.74) is 2.46. The second kappa shape index (κ2) is 8.80. The van der Waals surface area contributed by atoms with Crippen molar-refractivity contribution in [3.05, 3.63) is 71.0 Å². The Morgan fingerprint density at radius 2 is 1.67 bits per heavy atom. The largest absolute Gasteiger partial charge is 0.352 e. The maximum atomic E-state index is 13.3. The summed E-state index contributed by atoms with van der Waals surface area (Å²) in [6.45, 7) is 1.91. The zero-order chi connectivity index (χ0) is 19.2. The molecule has 0 saturated heterocycles. The first-order valence-electron chi connectivity index (χ1n) is 9.42. The molecule has 1 saturated carbocycles. The number of hydrogen-bond donors (Lipinski definition) is 2. The molecule has 1 aliphatic rings. The van der Waals surface area contributed by atoms with Crippen LogP contribution in [0.4, 0.5) is 4.39 Å². The lowest BCUT2D eigenvalue weighted by Gasteiger charge is -2.25. The summed E-state index contributed by atoms with van der Waals surface area (Å²) in [6, 6.07) is 13.5. The molecular weight excluding hydrogens is 343 g/mol. The van der Waals surface area contributed by atoms with E-state index < -0.39 is 0 Å². The monoisotopic (exact) mass is 368 g/mol. The molecule has 5 heteroatoms. The standard InChI is InChI=1S/C22H25FN2O2/c1-15(26)24-14-16-6-8-19(9-7-16)22(27)25-21(17-4-2-3-5-17)18-10-12-20(23)13-11-18/h6-13,17,21H,2-5,14H2,1H3,(H,24,26)(H,25,27)/t21-/m0/s1. The summed E-state index contributed by atoms with van der Waals surface area (Å²) >= 11 is 0. The first-order chi connectivity index (χ1) is 13.0. The van der Waals surface area contributed by atoms with Crippen LogP contribution in [0.5, 0.6) is 0 Å². The fraction of sp³-hybridized carbons (Fsp3) is 0.364. The Morgan fingerprint density at radius 1 is 1.04 bits per heavy atom. The van der Waals surface area contributed by atoms with Gasteiger partial charge in [-0.2, -0.15) is 0 Å². The highest BCUT2D eigenvalue weighted by atomic mass is 19.1. The molecule has 4 nitrogen and oxygen atoms in total. The minimum atomic E-state index is -0.273. The third kappa shape index (κ3) is 5.16. The lowest BCUT2D eigenvalue weighted by Crippen LogP contribution is -2.32. The number of rotatable bonds is 6. The molecule has 0 spiro atoms. The van der Waals surface area contributed by atoms with Crippen LogP contribution in [0.15, 0.2) is 48.5 Å². The van der Waals surface area contributed by atoms with Crippen LogP contribution < -0.4 is 10.6 Å². The van der Waals surface area contributed by atoms with E-state index in [1.54, 1.807) is 24.3 Å². The van der Waals surface area contributed by atoms with Crippen molar-refractivity contribution in [1.29, 1.82) is 0 Å². The Morgan fingerprint density at radius 3 is 2.26 bits per heavy atom. The van der Waals surface area contributed by atoms with Gasteiger partial charge in [-0.05, 0) is 54.2 Å². The minimum Gasteiger partial charge on any atom is -0.352 e. The van der Waals surface area contributed by atoms with Gasteiger partial charge < -0.3 is 10.6 Å². The highest BCUT2D eigenvalue weighted by Gasteiger charge is 2.28. The molecule has 0 heterocycles. The molecule has 1 aliphatic carbocycles. The zero-order valence-electron chi connectivity index (χ0n) is 15.5. The fourth-order valence-corrected chi connectivity index (χ4v) is 3.66. The van der Waals surface area contributed by atoms with Crippen molar-refractivity contribution in [1.82, 2.24) is 10.6 Å². The van der Waals surface area contributed by atoms with E-state index >= 15 is 0 Å². The predicted molar refractivity (Wildman–Crippen MR) is 103 cm³/mol. The molecule has 0 aromatic heterocycles. The van der Waals surface area contributed by atoms with Gasteiger partial charge in [0.15, 0.2) is 0 Å². The summed E-state index contributed by atoms with van der Waals surface area (Å²) in [5, 5.41) is 5.89. The molecule has 0 unspecified atom stereocenters. The SMILES string of the molecule is CC(=O)NCc1ccc(C(=O)N[C@H](c2ccc(F)cc2)C2CCCC2)cc1. The number of benzene rings is 2. The lowest BCUT2D eigenvalue weighted by atomic mass is 9.91. The summed E-state index contributed by atoms with van der Waals surface area (Å²) in [6.07, 6.45) is 4.46. The smallest absolute Gasteiger partial charge is 0.251 e. The Labute approximate surface area is 159 Å². The van der Waals surface area contributed by atoms with Crippen molar-refractivity contribution in [2.75, 3.05) is 0 Å². The topological polar surface area (TPSA) is 58.2 Å². The van der Waals surface area contributed by atoms with E-state index in [-0.39, 0.29) is 23.7 Å². The van der Waals surface area contributed by atoms with Gasteiger partial charge in [-0.25, -0.2) is 4.39 Å². The molecule has 2 aromatic rings. The molecule has 0 aliphatic heterocycles. The molecule has 1 fully saturated rings. The average Bonchev–Trinajstić information content (AvgIpc) is 3.20. The molecule has 1 atom stereocenters. The van der Waals surface area contributed by atoms with Gasteiger partial charge in [0, 0.05) is 19.0 Å². The van der Waals surface area contributed by atoms with E-state index in [4.69, 9.17) is 0 Å². The van der Waals surface area contributed by atoms with Crippen molar-refractivity contribution in [3.8, 4) is 0 Å². The molecule has 3 rings (SSSR count). The van der Waals surface area contributed by atoms with Crippen LogP contribution >= 0.6 is 0 Å². The van der Waals surface area contributed by atoms with E-state index in [2.05, 4.69) is 10.6 Å². The van der Waals surface area contributed by atoms with Gasteiger partial charge in [0.25, 0.3) is 5.91 Å². The van der Waals surface area contributed by atoms with E-state index in [1.807, 2.05) is 12.1 Å². The molecule has 2 amide bonds. The molecule has 0 radical (unpaired) electrons. The van der Waals surface area contributed by atoms with Gasteiger partial charge in [-0.1, -0.05) is 37.1 Å². The number of amides is 2. The minimum absolute atomic E-state index is 0.0875. The molecular formula is C22H25FN2O2. The number of nitrogens with one attached hydrogen (secondary N) is 2. The third-order valence-electron chi connectivity index (χ3n) is 5.14. The van der Waals surface area contributed by atoms with Gasteiger partial charge in [0.05, 0.1) is 6.04 Å². The summed E-state index contributed by atoms with van der Waals surface area (Å²) in [4.78, 5) is 23.8. The summed E-state index contributed by atoms with van der Waals surface area (Å²) < 4.78 is 13.3. The summed E-state index contributed by atoms with van der Waals surface area (Å²) in [7, 11) is 0. The van der Waals surface area contributed by atoms with Crippen molar-refractivity contribution in [2.24, 2.45) is 5.92 Å². The quantitative estimate of drug-likeness (QED) is 0.806. The first-order valence-corrected chi connectivity index (χ1v) is 9.42. The highest BCUT2D eigenvalue weighted by molar-refractivity contribution is 5.94. The first kappa shape index (κ1) is 19.1. The van der Waals surface area contributed by atoms with E-state index in [9.17, 15) is 14.0 Å². The van der Waals surface area contributed by atoms with Crippen LogP contribution in [0.2, 0.25) is 0 Å². The Hall–Kier alpha value is -2.69.